The second kappa shape index (κ2) is 5.63. The summed E-state index contributed by atoms with van der Waals surface area (Å²) in [5.41, 5.74) is 2.26. The standard InChI is InChI=1S/C15H14N2S2/c1-18-13-8-4-2-6-11(13)16-10-15-17-12-7-3-5-9-14(12)19-15/h2-9,16H,10H2,1H3. The largest absolute Gasteiger partial charge is 0.378 e. The number of thiazole rings is 1. The van der Waals surface area contributed by atoms with Gasteiger partial charge in [0.2, 0.25) is 0 Å². The van der Waals surface area contributed by atoms with E-state index in [1.54, 1.807) is 23.1 Å². The zero-order valence-electron chi connectivity index (χ0n) is 10.6. The van der Waals surface area contributed by atoms with Crippen molar-refractivity contribution in [3.05, 3.63) is 53.5 Å². The van der Waals surface area contributed by atoms with Gasteiger partial charge < -0.3 is 5.32 Å². The van der Waals surface area contributed by atoms with Gasteiger partial charge in [0.1, 0.15) is 5.01 Å². The monoisotopic (exact) mass is 286 g/mol. The predicted molar refractivity (Wildman–Crippen MR) is 85.2 cm³/mol. The minimum absolute atomic E-state index is 0.775. The number of para-hydroxylation sites is 2. The van der Waals surface area contributed by atoms with E-state index in [-0.39, 0.29) is 0 Å². The Morgan fingerprint density at radius 3 is 2.74 bits per heavy atom. The Morgan fingerprint density at radius 2 is 1.89 bits per heavy atom. The van der Waals surface area contributed by atoms with Gasteiger partial charge in [-0.25, -0.2) is 4.98 Å². The lowest BCUT2D eigenvalue weighted by Crippen LogP contribution is -1.99. The van der Waals surface area contributed by atoms with Gasteiger partial charge in [-0.15, -0.1) is 23.1 Å². The molecule has 0 spiro atoms. The van der Waals surface area contributed by atoms with Gasteiger partial charge in [0.05, 0.1) is 16.8 Å². The summed E-state index contributed by atoms with van der Waals surface area (Å²) < 4.78 is 1.25. The van der Waals surface area contributed by atoms with E-state index in [0.29, 0.717) is 0 Å². The molecule has 0 fully saturated rings. The average Bonchev–Trinajstić information content (AvgIpc) is 2.88. The summed E-state index contributed by atoms with van der Waals surface area (Å²) in [5.74, 6) is 0. The quantitative estimate of drug-likeness (QED) is 0.708. The van der Waals surface area contributed by atoms with Crippen LogP contribution in [0, 0.1) is 0 Å². The van der Waals surface area contributed by atoms with Crippen molar-refractivity contribution < 1.29 is 0 Å². The number of aromatic nitrogens is 1. The number of benzene rings is 2. The van der Waals surface area contributed by atoms with Crippen LogP contribution < -0.4 is 5.32 Å². The fourth-order valence-corrected chi connectivity index (χ4v) is 3.44. The molecule has 0 bridgehead atoms. The van der Waals surface area contributed by atoms with E-state index in [4.69, 9.17) is 0 Å². The van der Waals surface area contributed by atoms with Crippen molar-refractivity contribution in [3.63, 3.8) is 0 Å². The van der Waals surface area contributed by atoms with Crippen molar-refractivity contribution in [2.24, 2.45) is 0 Å². The fraction of sp³-hybridized carbons (Fsp3) is 0.133. The van der Waals surface area contributed by atoms with E-state index in [1.807, 2.05) is 6.07 Å². The van der Waals surface area contributed by atoms with Crippen LogP contribution in [0.25, 0.3) is 10.2 Å². The third-order valence-corrected chi connectivity index (χ3v) is 4.71. The lowest BCUT2D eigenvalue weighted by Gasteiger charge is -2.08. The first-order chi connectivity index (χ1) is 9.36. The van der Waals surface area contributed by atoms with Crippen LogP contribution in [-0.4, -0.2) is 11.2 Å². The van der Waals surface area contributed by atoms with Crippen LogP contribution in [0.3, 0.4) is 0 Å². The first-order valence-electron chi connectivity index (χ1n) is 6.08. The Morgan fingerprint density at radius 1 is 1.11 bits per heavy atom. The van der Waals surface area contributed by atoms with Crippen LogP contribution in [0.1, 0.15) is 5.01 Å². The second-order valence-corrected chi connectivity index (χ2v) is 6.09. The fourth-order valence-electron chi connectivity index (χ4n) is 1.96. The van der Waals surface area contributed by atoms with Crippen LogP contribution in [0.5, 0.6) is 0 Å². The molecular weight excluding hydrogens is 272 g/mol. The van der Waals surface area contributed by atoms with E-state index in [0.717, 1.165) is 17.1 Å². The lowest BCUT2D eigenvalue weighted by molar-refractivity contribution is 1.10. The van der Waals surface area contributed by atoms with Crippen LogP contribution >= 0.6 is 23.1 Å². The van der Waals surface area contributed by atoms with Gasteiger partial charge in [-0.1, -0.05) is 24.3 Å². The summed E-state index contributed by atoms with van der Waals surface area (Å²) in [6.07, 6.45) is 2.10. The van der Waals surface area contributed by atoms with Crippen LogP contribution in [0.2, 0.25) is 0 Å². The molecule has 0 aliphatic heterocycles. The van der Waals surface area contributed by atoms with Gasteiger partial charge >= 0.3 is 0 Å². The summed E-state index contributed by atoms with van der Waals surface area (Å²) in [5, 5.41) is 4.59. The van der Waals surface area contributed by atoms with E-state index in [1.165, 1.54) is 15.3 Å². The first-order valence-corrected chi connectivity index (χ1v) is 8.12. The predicted octanol–water partition coefficient (Wildman–Crippen LogP) is 4.63. The summed E-state index contributed by atoms with van der Waals surface area (Å²) in [6, 6.07) is 16.6. The van der Waals surface area contributed by atoms with Crippen molar-refractivity contribution in [1.82, 2.24) is 4.98 Å². The maximum atomic E-state index is 4.63. The van der Waals surface area contributed by atoms with Gasteiger partial charge in [-0.2, -0.15) is 0 Å². The number of nitrogens with zero attached hydrogens (tertiary/aromatic N) is 1. The Kier molecular flexibility index (Phi) is 3.71. The molecule has 0 aliphatic carbocycles. The van der Waals surface area contributed by atoms with Gasteiger partial charge in [-0.3, -0.25) is 0 Å². The number of thioether (sulfide) groups is 1. The highest BCUT2D eigenvalue weighted by Crippen LogP contribution is 2.26. The molecular formula is C15H14N2S2. The Hall–Kier alpha value is -1.52. The topological polar surface area (TPSA) is 24.9 Å². The van der Waals surface area contributed by atoms with Gasteiger partial charge in [-0.05, 0) is 30.5 Å². The summed E-state index contributed by atoms with van der Waals surface area (Å²) in [4.78, 5) is 5.90. The first kappa shape index (κ1) is 12.5. The normalized spacial score (nSPS) is 10.8. The zero-order chi connectivity index (χ0) is 13.1. The van der Waals surface area contributed by atoms with Crippen LogP contribution in [0.15, 0.2) is 53.4 Å². The van der Waals surface area contributed by atoms with E-state index < -0.39 is 0 Å². The smallest absolute Gasteiger partial charge is 0.113 e. The molecule has 0 radical (unpaired) electrons. The van der Waals surface area contributed by atoms with E-state index in [9.17, 15) is 0 Å². The molecule has 1 heterocycles. The maximum absolute atomic E-state index is 4.63. The summed E-state index contributed by atoms with van der Waals surface area (Å²) >= 11 is 3.51. The molecule has 0 amide bonds. The molecule has 0 saturated carbocycles. The third kappa shape index (κ3) is 2.74. The van der Waals surface area contributed by atoms with E-state index in [2.05, 4.69) is 59.0 Å². The molecule has 0 saturated heterocycles. The number of hydrogen-bond acceptors (Lipinski definition) is 4. The number of hydrogen-bond donors (Lipinski definition) is 1. The van der Waals surface area contributed by atoms with Gasteiger partial charge in [0.15, 0.2) is 0 Å². The molecule has 2 aromatic carbocycles. The second-order valence-electron chi connectivity index (χ2n) is 4.13. The summed E-state index contributed by atoms with van der Waals surface area (Å²) in [6.45, 7) is 0.775. The average molecular weight is 286 g/mol. The van der Waals surface area contributed by atoms with Crippen molar-refractivity contribution in [2.45, 2.75) is 11.4 Å². The number of nitrogens with one attached hydrogen (secondary N) is 1. The van der Waals surface area contributed by atoms with Crippen LogP contribution in [0.4, 0.5) is 5.69 Å². The molecule has 0 unspecified atom stereocenters. The third-order valence-electron chi connectivity index (χ3n) is 2.88. The van der Waals surface area contributed by atoms with Gasteiger partial charge in [0, 0.05) is 10.6 Å². The van der Waals surface area contributed by atoms with Crippen LogP contribution in [-0.2, 0) is 6.54 Å². The highest BCUT2D eigenvalue weighted by atomic mass is 32.2. The molecule has 4 heteroatoms. The number of fused-ring (bicyclic) bond motifs is 1. The van der Waals surface area contributed by atoms with E-state index >= 15 is 0 Å². The molecule has 0 atom stereocenters. The minimum atomic E-state index is 0.775. The zero-order valence-corrected chi connectivity index (χ0v) is 12.2. The van der Waals surface area contributed by atoms with Crippen molar-refractivity contribution in [1.29, 1.82) is 0 Å². The highest BCUT2D eigenvalue weighted by Gasteiger charge is 2.04. The molecule has 3 aromatic rings. The number of anilines is 1. The Bertz CT molecular complexity index is 658. The number of rotatable bonds is 4. The van der Waals surface area contributed by atoms with Crippen molar-refractivity contribution in [3.8, 4) is 0 Å². The van der Waals surface area contributed by atoms with Crippen molar-refractivity contribution >= 4 is 39.0 Å². The maximum Gasteiger partial charge on any atom is 0.113 e. The minimum Gasteiger partial charge on any atom is -0.378 e. The molecule has 96 valence electrons. The highest BCUT2D eigenvalue weighted by molar-refractivity contribution is 7.98. The molecule has 3 rings (SSSR count). The van der Waals surface area contributed by atoms with Gasteiger partial charge in [0.25, 0.3) is 0 Å². The SMILES string of the molecule is CSc1ccccc1NCc1nc2ccccc2s1. The molecule has 1 aromatic heterocycles. The molecule has 1 N–H and O–H groups in total. The van der Waals surface area contributed by atoms with Crippen molar-refractivity contribution in [2.75, 3.05) is 11.6 Å². The molecule has 19 heavy (non-hydrogen) atoms. The molecule has 2 nitrogen and oxygen atoms in total. The lowest BCUT2D eigenvalue weighted by atomic mass is 10.3. The molecule has 0 aliphatic rings. The Labute approximate surface area is 120 Å². The Balaban J connectivity index is 1.78. The summed E-state index contributed by atoms with van der Waals surface area (Å²) in [7, 11) is 0.